The highest BCUT2D eigenvalue weighted by atomic mass is 19.1. The first-order valence-corrected chi connectivity index (χ1v) is 7.61. The fraction of sp³-hybridized carbons (Fsp3) is 0.529. The first-order chi connectivity index (χ1) is 10.6. The summed E-state index contributed by atoms with van der Waals surface area (Å²) in [7, 11) is 0. The monoisotopic (exact) mass is 324 g/mol. The van der Waals surface area contributed by atoms with Gasteiger partial charge in [-0.15, -0.1) is 0 Å². The molecule has 1 rings (SSSR count). The molecule has 2 N–H and O–H groups in total. The molecule has 2 atom stereocenters. The molecule has 128 valence electrons. The molecule has 0 bridgehead atoms. The molecule has 23 heavy (non-hydrogen) atoms. The van der Waals surface area contributed by atoms with Gasteiger partial charge in [-0.2, -0.15) is 0 Å². The van der Waals surface area contributed by atoms with Crippen molar-refractivity contribution in [2.75, 3.05) is 0 Å². The van der Waals surface area contributed by atoms with Crippen molar-refractivity contribution in [3.05, 3.63) is 35.6 Å². The fourth-order valence-corrected chi connectivity index (χ4v) is 1.94. The maximum Gasteiger partial charge on any atom is 0.408 e. The van der Waals surface area contributed by atoms with Gasteiger partial charge in [-0.25, -0.2) is 9.18 Å². The lowest BCUT2D eigenvalue weighted by Gasteiger charge is -2.22. The Morgan fingerprint density at radius 3 is 2.22 bits per heavy atom. The number of ether oxygens (including phenoxy) is 1. The predicted molar refractivity (Wildman–Crippen MR) is 86.5 cm³/mol. The van der Waals surface area contributed by atoms with Gasteiger partial charge in [0.25, 0.3) is 0 Å². The number of nitrogens with one attached hydrogen (secondary N) is 2. The largest absolute Gasteiger partial charge is 0.444 e. The third-order valence-corrected chi connectivity index (χ3v) is 2.97. The summed E-state index contributed by atoms with van der Waals surface area (Å²) in [6, 6.07) is 5.28. The van der Waals surface area contributed by atoms with Crippen molar-refractivity contribution in [1.29, 1.82) is 0 Å². The minimum atomic E-state index is -0.708. The van der Waals surface area contributed by atoms with Gasteiger partial charge in [-0.3, -0.25) is 4.79 Å². The Hall–Kier alpha value is -2.11. The fourth-order valence-electron chi connectivity index (χ4n) is 1.94. The summed E-state index contributed by atoms with van der Waals surface area (Å²) in [5.41, 5.74) is 0.308. The van der Waals surface area contributed by atoms with Gasteiger partial charge < -0.3 is 15.4 Å². The first kappa shape index (κ1) is 18.9. The van der Waals surface area contributed by atoms with Crippen LogP contribution in [0.4, 0.5) is 9.18 Å². The van der Waals surface area contributed by atoms with E-state index in [1.807, 2.05) is 6.92 Å². The average molecular weight is 324 g/mol. The molecule has 0 aliphatic carbocycles. The molecule has 5 nitrogen and oxygen atoms in total. The predicted octanol–water partition coefficient (Wildman–Crippen LogP) is 2.79. The first-order valence-electron chi connectivity index (χ1n) is 7.61. The number of alkyl carbamates (subject to hydrolysis) is 1. The summed E-state index contributed by atoms with van der Waals surface area (Å²) in [5, 5.41) is 5.30. The summed E-state index contributed by atoms with van der Waals surface area (Å²) in [4.78, 5) is 23.7. The van der Waals surface area contributed by atoms with Gasteiger partial charge >= 0.3 is 6.09 Å². The number of carbonyl (C=O) groups excluding carboxylic acids is 2. The Morgan fingerprint density at radius 2 is 1.70 bits per heavy atom. The third kappa shape index (κ3) is 7.63. The molecule has 0 aliphatic rings. The molecular weight excluding hydrogens is 299 g/mol. The number of halogens is 1. The minimum Gasteiger partial charge on any atom is -0.444 e. The van der Waals surface area contributed by atoms with Crippen molar-refractivity contribution in [3.8, 4) is 0 Å². The van der Waals surface area contributed by atoms with Crippen LogP contribution in [0.3, 0.4) is 0 Å². The van der Waals surface area contributed by atoms with Crippen LogP contribution in [0, 0.1) is 5.82 Å². The smallest absolute Gasteiger partial charge is 0.408 e. The number of hydrogen-bond donors (Lipinski definition) is 2. The van der Waals surface area contributed by atoms with Crippen LogP contribution in [0.1, 0.15) is 40.2 Å². The number of carbonyl (C=O) groups is 2. The maximum atomic E-state index is 12.9. The van der Waals surface area contributed by atoms with E-state index < -0.39 is 17.7 Å². The van der Waals surface area contributed by atoms with Crippen molar-refractivity contribution in [2.45, 2.75) is 58.7 Å². The molecule has 6 heteroatoms. The second-order valence-electron chi connectivity index (χ2n) is 6.61. The molecule has 0 spiro atoms. The number of amides is 2. The van der Waals surface area contributed by atoms with Gasteiger partial charge in [0.1, 0.15) is 17.5 Å². The standard InChI is InChI=1S/C17H25FN2O3/c1-11(10-13-6-8-14(18)9-7-13)19-15(21)12(2)20-16(22)23-17(3,4)5/h6-9,11-12H,10H2,1-5H3,(H,19,21)(H,20,22)/t11?,12-/m0/s1. The third-order valence-electron chi connectivity index (χ3n) is 2.97. The second kappa shape index (κ2) is 7.94. The van der Waals surface area contributed by atoms with Gasteiger partial charge in [0.05, 0.1) is 0 Å². The Kier molecular flexibility index (Phi) is 6.54. The Morgan fingerprint density at radius 1 is 1.13 bits per heavy atom. The highest BCUT2D eigenvalue weighted by Crippen LogP contribution is 2.07. The maximum absolute atomic E-state index is 12.9. The van der Waals surface area contributed by atoms with E-state index in [4.69, 9.17) is 4.74 Å². The van der Waals surface area contributed by atoms with Crippen LogP contribution in [0.5, 0.6) is 0 Å². The Labute approximate surface area is 136 Å². The van der Waals surface area contributed by atoms with Gasteiger partial charge in [0.15, 0.2) is 0 Å². The Balaban J connectivity index is 2.44. The highest BCUT2D eigenvalue weighted by Gasteiger charge is 2.21. The van der Waals surface area contributed by atoms with Crippen molar-refractivity contribution >= 4 is 12.0 Å². The number of benzene rings is 1. The van der Waals surface area contributed by atoms with Crippen LogP contribution in [-0.4, -0.2) is 29.7 Å². The summed E-state index contributed by atoms with van der Waals surface area (Å²) < 4.78 is 18.0. The van der Waals surface area contributed by atoms with Crippen LogP contribution in [0.25, 0.3) is 0 Å². The van der Waals surface area contributed by atoms with Crippen molar-refractivity contribution in [2.24, 2.45) is 0 Å². The molecule has 0 saturated carbocycles. The summed E-state index contributed by atoms with van der Waals surface area (Å²) in [6.45, 7) is 8.69. The topological polar surface area (TPSA) is 67.4 Å². The lowest BCUT2D eigenvalue weighted by molar-refractivity contribution is -0.123. The van der Waals surface area contributed by atoms with Gasteiger partial charge in [-0.1, -0.05) is 12.1 Å². The van der Waals surface area contributed by atoms with E-state index in [2.05, 4.69) is 10.6 Å². The molecule has 1 aromatic carbocycles. The zero-order valence-electron chi connectivity index (χ0n) is 14.3. The van der Waals surface area contributed by atoms with E-state index in [-0.39, 0.29) is 17.8 Å². The lowest BCUT2D eigenvalue weighted by atomic mass is 10.1. The Bertz CT molecular complexity index is 538. The van der Waals surface area contributed by atoms with Crippen LogP contribution < -0.4 is 10.6 Å². The molecule has 0 aliphatic heterocycles. The molecular formula is C17H25FN2O3. The second-order valence-corrected chi connectivity index (χ2v) is 6.61. The van der Waals surface area contributed by atoms with E-state index in [0.29, 0.717) is 6.42 Å². The van der Waals surface area contributed by atoms with Crippen molar-refractivity contribution < 1.29 is 18.7 Å². The molecule has 1 aromatic rings. The lowest BCUT2D eigenvalue weighted by Crippen LogP contribution is -2.49. The molecule has 0 heterocycles. The van der Waals surface area contributed by atoms with Crippen LogP contribution in [0.15, 0.2) is 24.3 Å². The van der Waals surface area contributed by atoms with E-state index in [1.54, 1.807) is 39.8 Å². The van der Waals surface area contributed by atoms with E-state index >= 15 is 0 Å². The minimum absolute atomic E-state index is 0.143. The molecule has 0 fully saturated rings. The summed E-state index contributed by atoms with van der Waals surface area (Å²) >= 11 is 0. The molecule has 1 unspecified atom stereocenters. The van der Waals surface area contributed by atoms with E-state index in [0.717, 1.165) is 5.56 Å². The van der Waals surface area contributed by atoms with Crippen LogP contribution in [0.2, 0.25) is 0 Å². The van der Waals surface area contributed by atoms with Gasteiger partial charge in [-0.05, 0) is 58.7 Å². The molecule has 0 aromatic heterocycles. The van der Waals surface area contributed by atoms with E-state index in [1.165, 1.54) is 12.1 Å². The van der Waals surface area contributed by atoms with Gasteiger partial charge in [0.2, 0.25) is 5.91 Å². The summed E-state index contributed by atoms with van der Waals surface area (Å²) in [6.07, 6.45) is -0.0584. The van der Waals surface area contributed by atoms with Crippen LogP contribution >= 0.6 is 0 Å². The molecule has 2 amide bonds. The summed E-state index contributed by atoms with van der Waals surface area (Å²) in [5.74, 6) is -0.592. The van der Waals surface area contributed by atoms with Crippen molar-refractivity contribution in [3.63, 3.8) is 0 Å². The van der Waals surface area contributed by atoms with Crippen LogP contribution in [-0.2, 0) is 16.0 Å². The quantitative estimate of drug-likeness (QED) is 0.875. The molecule has 0 saturated heterocycles. The number of rotatable bonds is 5. The van der Waals surface area contributed by atoms with Crippen molar-refractivity contribution in [1.82, 2.24) is 10.6 Å². The normalized spacial score (nSPS) is 13.8. The van der Waals surface area contributed by atoms with E-state index in [9.17, 15) is 14.0 Å². The highest BCUT2D eigenvalue weighted by molar-refractivity contribution is 5.85. The molecule has 0 radical (unpaired) electrons. The number of hydrogen-bond acceptors (Lipinski definition) is 3. The zero-order chi connectivity index (χ0) is 17.6. The SMILES string of the molecule is CC(Cc1ccc(F)cc1)NC(=O)[C@H](C)NC(=O)OC(C)(C)C. The zero-order valence-corrected chi connectivity index (χ0v) is 14.3. The van der Waals surface area contributed by atoms with Gasteiger partial charge in [0, 0.05) is 6.04 Å². The average Bonchev–Trinajstić information content (AvgIpc) is 2.38.